The van der Waals surface area contributed by atoms with Crippen LogP contribution in [0.3, 0.4) is 0 Å². The van der Waals surface area contributed by atoms with E-state index in [9.17, 15) is 19.2 Å². The number of nitrogens with two attached hydrogens (primary N) is 3. The number of carbonyl (C=O) groups is 4. The van der Waals surface area contributed by atoms with Gasteiger partial charge in [0.1, 0.15) is 70.9 Å². The number of hydrogen-bond donors (Lipinski definition) is 6. The minimum absolute atomic E-state index is 0.0903. The second kappa shape index (κ2) is 29.9. The lowest BCUT2D eigenvalue weighted by Gasteiger charge is -2.15. The summed E-state index contributed by atoms with van der Waals surface area (Å²) in [5.41, 5.74) is 20.2. The highest BCUT2D eigenvalue weighted by atomic mass is 35.5. The molecule has 0 bridgehead atoms. The SMILES string of the molecule is CCOC(=O)c1cc(N)ncn1.CCOC(=O)c1cc(NCc2c(OC)cc(C)cc2OC)ncn1.COc1cc(C)cc(OC)c1CN.Nc1cc(C(=O)O)ncn1.O=C(O)c1cc(Cl)ncn1. The lowest BCUT2D eigenvalue weighted by Crippen LogP contribution is -2.10. The Hall–Kier alpha value is -8.51. The Labute approximate surface area is 401 Å². The van der Waals surface area contributed by atoms with Gasteiger partial charge in [0.25, 0.3) is 0 Å². The zero-order valence-corrected chi connectivity index (χ0v) is 39.7. The Bertz CT molecular complexity index is 2520. The molecule has 6 rings (SSSR count). The number of anilines is 3. The molecular formula is C44H53ClN12O12. The van der Waals surface area contributed by atoms with Crippen molar-refractivity contribution in [2.75, 3.05) is 58.4 Å². The molecule has 24 nitrogen and oxygen atoms in total. The quantitative estimate of drug-likeness (QED) is 0.0625. The molecule has 0 amide bonds. The number of benzene rings is 2. The van der Waals surface area contributed by atoms with E-state index in [1.807, 2.05) is 38.1 Å². The minimum atomic E-state index is -1.11. The normalized spacial score (nSPS) is 9.71. The summed E-state index contributed by atoms with van der Waals surface area (Å²) in [7, 11) is 6.49. The summed E-state index contributed by atoms with van der Waals surface area (Å²) in [5.74, 6) is 0.786. The highest BCUT2D eigenvalue weighted by molar-refractivity contribution is 6.29. The molecule has 9 N–H and O–H groups in total. The second-order valence-electron chi connectivity index (χ2n) is 13.1. The van der Waals surface area contributed by atoms with Crippen LogP contribution in [0, 0.1) is 13.8 Å². The lowest BCUT2D eigenvalue weighted by atomic mass is 10.1. The molecule has 25 heteroatoms. The van der Waals surface area contributed by atoms with Gasteiger partial charge in [-0.3, -0.25) is 0 Å². The maximum absolute atomic E-state index is 11.7. The van der Waals surface area contributed by atoms with Gasteiger partial charge in [-0.05, 0) is 63.1 Å². The number of rotatable bonds is 14. The summed E-state index contributed by atoms with van der Waals surface area (Å²) < 4.78 is 30.9. The Morgan fingerprint density at radius 3 is 1.29 bits per heavy atom. The van der Waals surface area contributed by atoms with Crippen LogP contribution < -0.4 is 41.5 Å². The number of esters is 2. The van der Waals surface area contributed by atoms with Crippen molar-refractivity contribution in [1.29, 1.82) is 0 Å². The average molecular weight is 977 g/mol. The predicted octanol–water partition coefficient (Wildman–Crippen LogP) is 4.88. The molecule has 4 aromatic heterocycles. The number of aromatic nitrogens is 8. The number of nitrogen functional groups attached to an aromatic ring is 2. The van der Waals surface area contributed by atoms with Crippen LogP contribution >= 0.6 is 11.6 Å². The molecule has 69 heavy (non-hydrogen) atoms. The molecule has 2 aromatic carbocycles. The van der Waals surface area contributed by atoms with Gasteiger partial charge in [-0.1, -0.05) is 11.6 Å². The third-order valence-electron chi connectivity index (χ3n) is 8.24. The van der Waals surface area contributed by atoms with E-state index in [0.717, 1.165) is 57.9 Å². The van der Waals surface area contributed by atoms with Gasteiger partial charge in [-0.2, -0.15) is 0 Å². The van der Waals surface area contributed by atoms with Crippen molar-refractivity contribution in [3.63, 3.8) is 0 Å². The van der Waals surface area contributed by atoms with Crippen LogP contribution in [0.5, 0.6) is 23.0 Å². The zero-order valence-electron chi connectivity index (χ0n) is 38.9. The molecule has 0 saturated heterocycles. The van der Waals surface area contributed by atoms with Crippen molar-refractivity contribution in [2.45, 2.75) is 40.8 Å². The van der Waals surface area contributed by atoms with Gasteiger partial charge in [0.05, 0.1) is 47.2 Å². The van der Waals surface area contributed by atoms with Gasteiger partial charge in [-0.15, -0.1) is 0 Å². The van der Waals surface area contributed by atoms with E-state index in [1.54, 1.807) is 48.4 Å². The molecule has 368 valence electrons. The van der Waals surface area contributed by atoms with E-state index in [4.69, 9.17) is 67.4 Å². The number of carboxylic acids is 2. The fraction of sp³-hybridized carbons (Fsp3) is 0.273. The van der Waals surface area contributed by atoms with Crippen LogP contribution in [-0.4, -0.2) is 116 Å². The van der Waals surface area contributed by atoms with E-state index in [1.165, 1.54) is 30.9 Å². The standard InChI is InChI=1S/C17H21N3O4.C10H15NO2.C7H9N3O2.C5H3ClN2O2.C5H5N3O2/c1-5-24-17(21)13-8-16(20-10-19-13)18-9-12-14(22-3)6-11(2)7-15(12)23-4;1-7-4-9(12-2)8(6-11)10(5-7)13-3;1-2-12-7(11)5-3-6(8)10-4-9-5;2*6-4-1-3(5(9)10)7-2-8-4/h6-8,10H,5,9H2,1-4H3,(H,18,19,20);4-5H,6,11H2,1-3H3;3-4H,2H2,1H3,(H2,8,9,10);1-2H,(H,9,10);1-2H,(H,9,10)(H2,6,7,8). The van der Waals surface area contributed by atoms with Gasteiger partial charge < -0.3 is 61.2 Å². The van der Waals surface area contributed by atoms with Gasteiger partial charge >= 0.3 is 23.9 Å². The average Bonchev–Trinajstić information content (AvgIpc) is 3.34. The van der Waals surface area contributed by atoms with E-state index in [0.29, 0.717) is 32.1 Å². The third-order valence-corrected chi connectivity index (χ3v) is 8.45. The van der Waals surface area contributed by atoms with Crippen molar-refractivity contribution >= 4 is 52.9 Å². The number of hydrogen-bond acceptors (Lipinski definition) is 22. The number of halogens is 1. The Morgan fingerprint density at radius 1 is 0.551 bits per heavy atom. The molecule has 0 radical (unpaired) electrons. The van der Waals surface area contributed by atoms with E-state index in [-0.39, 0.29) is 39.6 Å². The van der Waals surface area contributed by atoms with Crippen molar-refractivity contribution in [1.82, 2.24) is 39.9 Å². The largest absolute Gasteiger partial charge is 0.496 e. The lowest BCUT2D eigenvalue weighted by molar-refractivity contribution is 0.0510. The summed E-state index contributed by atoms with van der Waals surface area (Å²) >= 11 is 5.37. The van der Waals surface area contributed by atoms with Crippen LogP contribution in [0.4, 0.5) is 17.5 Å². The number of carbonyl (C=O) groups excluding carboxylic acids is 2. The smallest absolute Gasteiger partial charge is 0.357 e. The molecule has 6 aromatic rings. The van der Waals surface area contributed by atoms with Crippen LogP contribution in [-0.2, 0) is 22.6 Å². The predicted molar refractivity (Wildman–Crippen MR) is 252 cm³/mol. The molecule has 0 aliphatic heterocycles. The van der Waals surface area contributed by atoms with E-state index >= 15 is 0 Å². The maximum atomic E-state index is 11.7. The first-order valence-electron chi connectivity index (χ1n) is 20.1. The maximum Gasteiger partial charge on any atom is 0.357 e. The first-order valence-corrected chi connectivity index (χ1v) is 20.4. The van der Waals surface area contributed by atoms with Gasteiger partial charge in [0, 0.05) is 42.9 Å². The number of methoxy groups -OCH3 is 4. The third kappa shape index (κ3) is 19.5. The topological polar surface area (TPSA) is 357 Å². The molecule has 0 saturated carbocycles. The second-order valence-corrected chi connectivity index (χ2v) is 13.5. The highest BCUT2D eigenvalue weighted by Gasteiger charge is 2.14. The molecular weight excluding hydrogens is 924 g/mol. The Morgan fingerprint density at radius 2 is 0.928 bits per heavy atom. The van der Waals surface area contributed by atoms with Gasteiger partial charge in [0.15, 0.2) is 22.8 Å². The summed E-state index contributed by atoms with van der Waals surface area (Å²) in [6.07, 6.45) is 4.75. The van der Waals surface area contributed by atoms with Crippen molar-refractivity contribution in [3.05, 3.63) is 124 Å². The molecule has 0 fully saturated rings. The summed E-state index contributed by atoms with van der Waals surface area (Å²) in [5, 5.41) is 20.0. The highest BCUT2D eigenvalue weighted by Crippen LogP contribution is 2.31. The number of carboxylic acid groups (broad SMARTS) is 2. The fourth-order valence-corrected chi connectivity index (χ4v) is 5.33. The van der Waals surface area contributed by atoms with Crippen LogP contribution in [0.15, 0.2) is 73.8 Å². The monoisotopic (exact) mass is 976 g/mol. The van der Waals surface area contributed by atoms with Crippen molar-refractivity contribution < 1.29 is 57.8 Å². The minimum Gasteiger partial charge on any atom is -0.496 e. The molecule has 4 heterocycles. The molecule has 0 aliphatic rings. The number of nitrogens with one attached hydrogen (secondary N) is 1. The van der Waals surface area contributed by atoms with Crippen LogP contribution in [0.1, 0.15) is 78.1 Å². The first kappa shape index (κ1) is 56.6. The number of ether oxygens (including phenoxy) is 6. The molecule has 0 atom stereocenters. The van der Waals surface area contributed by atoms with Crippen molar-refractivity contribution in [3.8, 4) is 23.0 Å². The number of aromatic carboxylic acids is 2. The number of nitrogens with zero attached hydrogens (tertiary/aromatic N) is 8. The summed E-state index contributed by atoms with van der Waals surface area (Å²) in [6, 6.07) is 13.1. The van der Waals surface area contributed by atoms with Crippen molar-refractivity contribution in [2.24, 2.45) is 5.73 Å². The molecule has 0 aliphatic carbocycles. The Kier molecular flexibility index (Phi) is 24.5. The van der Waals surface area contributed by atoms with Crippen LogP contribution in [0.25, 0.3) is 0 Å². The van der Waals surface area contributed by atoms with E-state index in [2.05, 4.69) is 45.2 Å². The molecule has 0 spiro atoms. The fourth-order valence-electron chi connectivity index (χ4n) is 5.18. The van der Waals surface area contributed by atoms with Crippen LogP contribution in [0.2, 0.25) is 5.15 Å². The molecule has 0 unspecified atom stereocenters. The van der Waals surface area contributed by atoms with E-state index < -0.39 is 23.9 Å². The number of aryl methyl sites for hydroxylation is 2. The zero-order chi connectivity index (χ0) is 51.5. The first-order chi connectivity index (χ1) is 32.9. The summed E-state index contributed by atoms with van der Waals surface area (Å²) in [4.78, 5) is 72.5. The van der Waals surface area contributed by atoms with Gasteiger partial charge in [-0.25, -0.2) is 59.0 Å². The van der Waals surface area contributed by atoms with Gasteiger partial charge in [0.2, 0.25) is 0 Å². The Balaban J connectivity index is 0.000000312. The summed E-state index contributed by atoms with van der Waals surface area (Å²) in [6.45, 7) is 8.89.